The molecule has 1 aromatic carbocycles. The Balaban J connectivity index is 1.43. The number of hydrogen-bond acceptors (Lipinski definition) is 6. The molecular weight excluding hydrogens is 340 g/mol. The fourth-order valence-electron chi connectivity index (χ4n) is 2.28. The van der Waals surface area contributed by atoms with E-state index in [2.05, 4.69) is 31.8 Å². The van der Waals surface area contributed by atoms with E-state index in [1.807, 2.05) is 47.4 Å². The molecule has 0 aliphatic rings. The van der Waals surface area contributed by atoms with Crippen LogP contribution in [0.25, 0.3) is 11.5 Å². The first-order valence-electron chi connectivity index (χ1n) is 7.41. The summed E-state index contributed by atoms with van der Waals surface area (Å²) in [4.78, 5) is 8.86. The van der Waals surface area contributed by atoms with Gasteiger partial charge >= 0.3 is 0 Å². The standard InChI is InChI=1S/C17H14N4OS2/c1-2-4-13(5-3-1)10-21-8-7-18-17(21)24-12-15-19-16(22-20-15)14-6-9-23-11-14/h1-9,11H,10,12H2. The van der Waals surface area contributed by atoms with Gasteiger partial charge in [-0.1, -0.05) is 47.3 Å². The molecule has 0 spiro atoms. The quantitative estimate of drug-likeness (QED) is 0.482. The van der Waals surface area contributed by atoms with Gasteiger partial charge in [-0.25, -0.2) is 4.98 Å². The van der Waals surface area contributed by atoms with Gasteiger partial charge in [-0.2, -0.15) is 16.3 Å². The van der Waals surface area contributed by atoms with E-state index < -0.39 is 0 Å². The highest BCUT2D eigenvalue weighted by molar-refractivity contribution is 7.98. The van der Waals surface area contributed by atoms with E-state index in [-0.39, 0.29) is 0 Å². The van der Waals surface area contributed by atoms with Crippen LogP contribution in [0.3, 0.4) is 0 Å². The lowest BCUT2D eigenvalue weighted by molar-refractivity contribution is 0.425. The van der Waals surface area contributed by atoms with Crippen LogP contribution in [0.1, 0.15) is 11.4 Å². The summed E-state index contributed by atoms with van der Waals surface area (Å²) in [6.07, 6.45) is 3.81. The van der Waals surface area contributed by atoms with Crippen LogP contribution in [0.2, 0.25) is 0 Å². The molecule has 0 saturated carbocycles. The largest absolute Gasteiger partial charge is 0.334 e. The second-order valence-electron chi connectivity index (χ2n) is 5.14. The summed E-state index contributed by atoms with van der Waals surface area (Å²) in [6.45, 7) is 0.801. The molecule has 0 unspecified atom stereocenters. The number of thioether (sulfide) groups is 1. The second kappa shape index (κ2) is 7.02. The molecule has 0 bridgehead atoms. The van der Waals surface area contributed by atoms with E-state index in [9.17, 15) is 0 Å². The van der Waals surface area contributed by atoms with E-state index in [0.29, 0.717) is 17.5 Å². The molecule has 24 heavy (non-hydrogen) atoms. The molecule has 4 aromatic rings. The van der Waals surface area contributed by atoms with Crippen molar-refractivity contribution in [3.63, 3.8) is 0 Å². The highest BCUT2D eigenvalue weighted by atomic mass is 32.2. The fourth-order valence-corrected chi connectivity index (χ4v) is 3.71. The minimum Gasteiger partial charge on any atom is -0.334 e. The predicted octanol–water partition coefficient (Wildman–Crippen LogP) is 4.34. The van der Waals surface area contributed by atoms with E-state index in [4.69, 9.17) is 4.52 Å². The van der Waals surface area contributed by atoms with Gasteiger partial charge in [0.25, 0.3) is 5.89 Å². The zero-order valence-corrected chi connectivity index (χ0v) is 14.3. The number of hydrogen-bond donors (Lipinski definition) is 0. The van der Waals surface area contributed by atoms with Gasteiger partial charge in [0.15, 0.2) is 11.0 Å². The van der Waals surface area contributed by atoms with Crippen LogP contribution in [-0.2, 0) is 12.3 Å². The van der Waals surface area contributed by atoms with Crippen LogP contribution in [0, 0.1) is 0 Å². The number of benzene rings is 1. The summed E-state index contributed by atoms with van der Waals surface area (Å²) in [6, 6.07) is 12.3. The summed E-state index contributed by atoms with van der Waals surface area (Å²) in [5, 5.41) is 8.98. The van der Waals surface area contributed by atoms with E-state index in [1.54, 1.807) is 23.1 Å². The first-order chi connectivity index (χ1) is 11.9. The number of thiophene rings is 1. The van der Waals surface area contributed by atoms with Gasteiger partial charge < -0.3 is 9.09 Å². The average molecular weight is 354 g/mol. The SMILES string of the molecule is c1ccc(Cn2ccnc2SCc2noc(-c3ccsc3)n2)cc1. The Labute approximate surface area is 147 Å². The van der Waals surface area contributed by atoms with Crippen molar-refractivity contribution in [2.45, 2.75) is 17.5 Å². The van der Waals surface area contributed by atoms with E-state index >= 15 is 0 Å². The van der Waals surface area contributed by atoms with Gasteiger partial charge in [0.1, 0.15) is 0 Å². The molecule has 0 N–H and O–H groups in total. The Morgan fingerprint density at radius 2 is 2.08 bits per heavy atom. The maximum atomic E-state index is 5.31. The third-order valence-corrected chi connectivity index (χ3v) is 5.12. The van der Waals surface area contributed by atoms with Crippen LogP contribution in [0.5, 0.6) is 0 Å². The molecule has 3 aromatic heterocycles. The monoisotopic (exact) mass is 354 g/mol. The molecular formula is C17H14N4OS2. The van der Waals surface area contributed by atoms with Gasteiger partial charge in [0.2, 0.25) is 0 Å². The van der Waals surface area contributed by atoms with Crippen molar-refractivity contribution in [2.24, 2.45) is 0 Å². The van der Waals surface area contributed by atoms with Crippen LogP contribution >= 0.6 is 23.1 Å². The first-order valence-corrected chi connectivity index (χ1v) is 9.34. The summed E-state index contributed by atoms with van der Waals surface area (Å²) in [5.41, 5.74) is 2.21. The fraction of sp³-hybridized carbons (Fsp3) is 0.118. The smallest absolute Gasteiger partial charge is 0.258 e. The molecule has 0 saturated heterocycles. The maximum Gasteiger partial charge on any atom is 0.258 e. The lowest BCUT2D eigenvalue weighted by Crippen LogP contribution is -2.00. The van der Waals surface area contributed by atoms with Crippen molar-refractivity contribution >= 4 is 23.1 Å². The molecule has 5 nitrogen and oxygen atoms in total. The van der Waals surface area contributed by atoms with Gasteiger partial charge in [0, 0.05) is 24.3 Å². The van der Waals surface area contributed by atoms with Crippen LogP contribution < -0.4 is 0 Å². The first kappa shape index (κ1) is 15.2. The molecule has 4 rings (SSSR count). The van der Waals surface area contributed by atoms with Crippen molar-refractivity contribution in [2.75, 3.05) is 0 Å². The molecule has 0 amide bonds. The predicted molar refractivity (Wildman–Crippen MR) is 94.9 cm³/mol. The molecule has 0 aliphatic heterocycles. The zero-order valence-electron chi connectivity index (χ0n) is 12.7. The van der Waals surface area contributed by atoms with Gasteiger partial charge in [-0.3, -0.25) is 0 Å². The summed E-state index contributed by atoms with van der Waals surface area (Å²) >= 11 is 3.22. The molecule has 120 valence electrons. The van der Waals surface area contributed by atoms with Crippen molar-refractivity contribution in [1.82, 2.24) is 19.7 Å². The van der Waals surface area contributed by atoms with Crippen LogP contribution in [0.4, 0.5) is 0 Å². The Morgan fingerprint density at radius 3 is 2.92 bits per heavy atom. The number of aromatic nitrogens is 4. The highest BCUT2D eigenvalue weighted by Crippen LogP contribution is 2.24. The summed E-state index contributed by atoms with van der Waals surface area (Å²) < 4.78 is 7.43. The Morgan fingerprint density at radius 1 is 1.17 bits per heavy atom. The molecule has 0 radical (unpaired) electrons. The molecule has 0 aliphatic carbocycles. The zero-order chi connectivity index (χ0) is 16.2. The van der Waals surface area contributed by atoms with E-state index in [1.165, 1.54) is 5.56 Å². The summed E-state index contributed by atoms with van der Waals surface area (Å²) in [7, 11) is 0. The lowest BCUT2D eigenvalue weighted by Gasteiger charge is -2.06. The topological polar surface area (TPSA) is 56.7 Å². The van der Waals surface area contributed by atoms with Gasteiger partial charge in [-0.15, -0.1) is 0 Å². The van der Waals surface area contributed by atoms with Crippen molar-refractivity contribution in [3.05, 3.63) is 70.9 Å². The Bertz CT molecular complexity index is 900. The normalized spacial score (nSPS) is 11.0. The molecule has 3 heterocycles. The average Bonchev–Trinajstić information content (AvgIpc) is 3.36. The number of rotatable bonds is 6. The van der Waals surface area contributed by atoms with Crippen molar-refractivity contribution in [3.8, 4) is 11.5 Å². The van der Waals surface area contributed by atoms with Gasteiger partial charge in [-0.05, 0) is 17.0 Å². The summed E-state index contributed by atoms with van der Waals surface area (Å²) in [5.74, 6) is 1.87. The lowest BCUT2D eigenvalue weighted by atomic mass is 10.2. The van der Waals surface area contributed by atoms with Crippen molar-refractivity contribution in [1.29, 1.82) is 0 Å². The van der Waals surface area contributed by atoms with Crippen LogP contribution in [-0.4, -0.2) is 19.7 Å². The number of nitrogens with zero attached hydrogens (tertiary/aromatic N) is 4. The Hall–Kier alpha value is -2.38. The highest BCUT2D eigenvalue weighted by Gasteiger charge is 2.11. The third-order valence-electron chi connectivity index (χ3n) is 3.44. The minimum absolute atomic E-state index is 0.569. The van der Waals surface area contributed by atoms with Crippen molar-refractivity contribution < 1.29 is 4.52 Å². The molecule has 0 fully saturated rings. The van der Waals surface area contributed by atoms with Crippen LogP contribution in [0.15, 0.2) is 69.2 Å². The Kier molecular flexibility index (Phi) is 4.44. The van der Waals surface area contributed by atoms with E-state index in [0.717, 1.165) is 17.3 Å². The minimum atomic E-state index is 0.569. The second-order valence-corrected chi connectivity index (χ2v) is 6.86. The third kappa shape index (κ3) is 3.42. The maximum absolute atomic E-state index is 5.31. The molecule has 7 heteroatoms. The number of imidazole rings is 1. The van der Waals surface area contributed by atoms with Gasteiger partial charge in [0.05, 0.1) is 11.3 Å². The molecule has 0 atom stereocenters.